The number of hydrogen-bond acceptors (Lipinski definition) is 5. The summed E-state index contributed by atoms with van der Waals surface area (Å²) in [5, 5.41) is 4.05. The minimum Gasteiger partial charge on any atom is -0.336 e. The van der Waals surface area contributed by atoms with E-state index >= 15 is 0 Å². The summed E-state index contributed by atoms with van der Waals surface area (Å²) < 4.78 is 14.2. The number of fused-ring (bicyclic) bond motifs is 1. The fourth-order valence-electron chi connectivity index (χ4n) is 4.17. The Bertz CT molecular complexity index is 1450. The van der Waals surface area contributed by atoms with E-state index in [9.17, 15) is 9.00 Å². The van der Waals surface area contributed by atoms with Crippen molar-refractivity contribution in [1.29, 1.82) is 0 Å². The predicted octanol–water partition coefficient (Wildman–Crippen LogP) is 3.42. The molecule has 0 saturated carbocycles. The summed E-state index contributed by atoms with van der Waals surface area (Å²) in [6.45, 7) is 10.3. The number of para-hydroxylation sites is 1. The van der Waals surface area contributed by atoms with Crippen molar-refractivity contribution in [2.75, 3.05) is 32.4 Å². The third-order valence-corrected chi connectivity index (χ3v) is 6.86. The zero-order valence-electron chi connectivity index (χ0n) is 18.6. The fourth-order valence-corrected chi connectivity index (χ4v) is 4.91. The summed E-state index contributed by atoms with van der Waals surface area (Å²) in [5.74, 6) is 0.375. The highest BCUT2D eigenvalue weighted by Crippen LogP contribution is 2.31. The number of rotatable bonds is 4. The molecule has 1 atom stereocenters. The third kappa shape index (κ3) is 3.98. The zero-order valence-corrected chi connectivity index (χ0v) is 19.4. The lowest BCUT2D eigenvalue weighted by Gasteiger charge is -2.27. The second-order valence-corrected chi connectivity index (χ2v) is 9.34. The highest BCUT2D eigenvalue weighted by atomic mass is 32.2. The zero-order chi connectivity index (χ0) is 23.7. The number of amides is 1. The smallest absolute Gasteiger partial charge is 0.254 e. The third-order valence-electron chi connectivity index (χ3n) is 5.92. The van der Waals surface area contributed by atoms with Crippen molar-refractivity contribution in [1.82, 2.24) is 24.8 Å². The molecule has 1 unspecified atom stereocenters. The van der Waals surface area contributed by atoms with Crippen molar-refractivity contribution in [2.24, 2.45) is 0 Å². The number of piperazine rings is 1. The summed E-state index contributed by atoms with van der Waals surface area (Å²) >= 11 is 0. The molecule has 0 bridgehead atoms. The van der Waals surface area contributed by atoms with Crippen LogP contribution in [0.5, 0.6) is 0 Å². The van der Waals surface area contributed by atoms with Gasteiger partial charge in [-0.3, -0.25) is 13.6 Å². The molecule has 1 saturated heterocycles. The van der Waals surface area contributed by atoms with Gasteiger partial charge in [-0.2, -0.15) is 0 Å². The molecule has 4 aromatic rings. The number of nitrogens with zero attached hydrogens (tertiary/aromatic N) is 5. The van der Waals surface area contributed by atoms with E-state index in [1.165, 1.54) is 0 Å². The molecule has 0 spiro atoms. The van der Waals surface area contributed by atoms with Gasteiger partial charge in [-0.25, -0.2) is 14.8 Å². The van der Waals surface area contributed by atoms with Crippen molar-refractivity contribution < 1.29 is 9.00 Å². The maximum absolute atomic E-state index is 13.1. The second kappa shape index (κ2) is 9.17. The molecule has 2 aromatic heterocycles. The summed E-state index contributed by atoms with van der Waals surface area (Å²) in [6, 6.07) is 12.8. The molecule has 3 heterocycles. The van der Waals surface area contributed by atoms with E-state index in [1.54, 1.807) is 41.5 Å². The van der Waals surface area contributed by atoms with Crippen molar-refractivity contribution >= 4 is 33.3 Å². The number of hydrogen-bond donors (Lipinski definition) is 1. The van der Waals surface area contributed by atoms with Crippen LogP contribution in [0.3, 0.4) is 0 Å². The lowest BCUT2D eigenvalue weighted by Crippen LogP contribution is -2.46. The largest absolute Gasteiger partial charge is 0.336 e. The van der Waals surface area contributed by atoms with E-state index in [1.807, 2.05) is 35.2 Å². The van der Waals surface area contributed by atoms with Gasteiger partial charge in [0, 0.05) is 67.5 Å². The Morgan fingerprint density at radius 1 is 1.12 bits per heavy atom. The highest BCUT2D eigenvalue weighted by Gasteiger charge is 2.21. The average molecular weight is 471 g/mol. The first kappa shape index (κ1) is 21.9. The molecular weight excluding hydrogens is 448 g/mol. The molecule has 1 amide bonds. The van der Waals surface area contributed by atoms with E-state index < -0.39 is 10.8 Å². The minimum atomic E-state index is -1.23. The van der Waals surface area contributed by atoms with E-state index in [0.29, 0.717) is 35.2 Å². The molecule has 1 N–H and O–H groups in total. The van der Waals surface area contributed by atoms with Crippen molar-refractivity contribution in [3.63, 3.8) is 0 Å². The predicted molar refractivity (Wildman–Crippen MR) is 132 cm³/mol. The normalized spacial score (nSPS) is 14.6. The maximum atomic E-state index is 13.1. The molecule has 1 aliphatic heterocycles. The summed E-state index contributed by atoms with van der Waals surface area (Å²) in [7, 11) is -1.23. The van der Waals surface area contributed by atoms with Crippen LogP contribution < -0.4 is 5.32 Å². The van der Waals surface area contributed by atoms with Crippen LogP contribution in [0.25, 0.3) is 32.8 Å². The Morgan fingerprint density at radius 3 is 2.56 bits per heavy atom. The molecule has 2 aromatic carbocycles. The van der Waals surface area contributed by atoms with E-state index in [2.05, 4.69) is 20.1 Å². The average Bonchev–Trinajstić information content (AvgIpc) is 3.28. The number of aromatic nitrogens is 3. The van der Waals surface area contributed by atoms with E-state index in [4.69, 9.17) is 6.57 Å². The number of nitrogens with one attached hydrogen (secondary N) is 1. The Balaban J connectivity index is 1.57. The van der Waals surface area contributed by atoms with Crippen LogP contribution >= 0.6 is 0 Å². The van der Waals surface area contributed by atoms with Crippen molar-refractivity contribution in [3.8, 4) is 17.1 Å². The molecule has 1 aliphatic rings. The summed E-state index contributed by atoms with van der Waals surface area (Å²) in [6.07, 6.45) is 6.75. The lowest BCUT2D eigenvalue weighted by molar-refractivity contribution is 0.0736. The summed E-state index contributed by atoms with van der Waals surface area (Å²) in [5.41, 5.74) is 3.33. The maximum Gasteiger partial charge on any atom is 0.254 e. The van der Waals surface area contributed by atoms with Gasteiger partial charge < -0.3 is 10.2 Å². The Hall–Kier alpha value is -3.87. The van der Waals surface area contributed by atoms with Crippen LogP contribution in [0.2, 0.25) is 0 Å². The Morgan fingerprint density at radius 2 is 1.85 bits per heavy atom. The first-order valence-electron chi connectivity index (χ1n) is 10.8. The van der Waals surface area contributed by atoms with Crippen LogP contribution in [0.4, 0.5) is 5.69 Å². The van der Waals surface area contributed by atoms with Gasteiger partial charge in [-0.1, -0.05) is 30.3 Å². The van der Waals surface area contributed by atoms with Gasteiger partial charge in [0.25, 0.3) is 5.91 Å². The monoisotopic (exact) mass is 470 g/mol. The van der Waals surface area contributed by atoms with Gasteiger partial charge in [-0.05, 0) is 17.7 Å². The molecule has 0 radical (unpaired) electrons. The van der Waals surface area contributed by atoms with Crippen LogP contribution in [-0.2, 0) is 10.8 Å². The van der Waals surface area contributed by atoms with Crippen LogP contribution in [0.15, 0.2) is 66.0 Å². The van der Waals surface area contributed by atoms with E-state index in [0.717, 1.165) is 35.1 Å². The molecule has 34 heavy (non-hydrogen) atoms. The molecule has 9 heteroatoms. The SMILES string of the molecule is [C-]#[N+]c1ccccc1-c1cnc(-n2cc(S(C)=O)c3ccc(C(=O)N4CCNCC4)cc32)nc1. The number of carbonyl (C=O) groups excluding carboxylic acids is 1. The highest BCUT2D eigenvalue weighted by molar-refractivity contribution is 7.84. The van der Waals surface area contributed by atoms with E-state index in [-0.39, 0.29) is 5.91 Å². The van der Waals surface area contributed by atoms with Crippen LogP contribution in [-0.4, -0.2) is 62.0 Å². The molecule has 170 valence electrons. The van der Waals surface area contributed by atoms with Gasteiger partial charge in [0.2, 0.25) is 5.95 Å². The first-order valence-corrected chi connectivity index (χ1v) is 12.4. The minimum absolute atomic E-state index is 0.0256. The van der Waals surface area contributed by atoms with Crippen molar-refractivity contribution in [2.45, 2.75) is 4.90 Å². The lowest BCUT2D eigenvalue weighted by atomic mass is 10.1. The van der Waals surface area contributed by atoms with Gasteiger partial charge in [0.15, 0.2) is 5.69 Å². The molecule has 0 aliphatic carbocycles. The van der Waals surface area contributed by atoms with Gasteiger partial charge in [0.1, 0.15) is 0 Å². The van der Waals surface area contributed by atoms with Gasteiger partial charge >= 0.3 is 0 Å². The Kier molecular flexibility index (Phi) is 5.92. The van der Waals surface area contributed by atoms with Crippen molar-refractivity contribution in [3.05, 3.63) is 78.0 Å². The molecular formula is C25H22N6O2S. The number of carbonyl (C=O) groups is 1. The molecule has 8 nitrogen and oxygen atoms in total. The standard InChI is InChI=1S/C25H22N6O2S/c1-26-21-6-4-3-5-19(21)18-14-28-25(29-15-18)31-16-23(34(2)33)20-8-7-17(13-22(20)31)24(32)30-11-9-27-10-12-30/h3-8,13-16,27H,9-12H2,2H3. The molecule has 5 rings (SSSR count). The van der Waals surface area contributed by atoms with Gasteiger partial charge in [0.05, 0.1) is 27.8 Å². The Labute approximate surface area is 199 Å². The van der Waals surface area contributed by atoms with Crippen LogP contribution in [0.1, 0.15) is 10.4 Å². The number of benzene rings is 2. The van der Waals surface area contributed by atoms with Gasteiger partial charge in [-0.15, -0.1) is 0 Å². The fraction of sp³-hybridized carbons (Fsp3) is 0.200. The topological polar surface area (TPSA) is 84.5 Å². The summed E-state index contributed by atoms with van der Waals surface area (Å²) in [4.78, 5) is 28.2. The van der Waals surface area contributed by atoms with Crippen LogP contribution in [0, 0.1) is 6.57 Å². The quantitative estimate of drug-likeness (QED) is 0.462. The molecule has 1 fully saturated rings. The first-order chi connectivity index (χ1) is 16.6. The second-order valence-electron chi connectivity index (χ2n) is 7.99.